The molecule has 3 aromatic carbocycles. The van der Waals surface area contributed by atoms with Crippen molar-refractivity contribution >= 4 is 23.2 Å². The molecule has 29 heavy (non-hydrogen) atoms. The Bertz CT molecular complexity index is 1070. The summed E-state index contributed by atoms with van der Waals surface area (Å²) in [4.78, 5) is 33.7. The summed E-state index contributed by atoms with van der Waals surface area (Å²) in [6, 6.07) is 24.3. The van der Waals surface area contributed by atoms with Gasteiger partial charge in [-0.05, 0) is 30.3 Å². The molecule has 2 fully saturated rings. The van der Waals surface area contributed by atoms with E-state index in [0.29, 0.717) is 16.9 Å². The molecule has 0 unspecified atom stereocenters. The quantitative estimate of drug-likeness (QED) is 0.699. The number of phenolic OH excluding ortho intramolecular Hbond substituents is 1. The van der Waals surface area contributed by atoms with Gasteiger partial charge in [0.2, 0.25) is 5.91 Å². The molecule has 0 radical (unpaired) electrons. The zero-order valence-corrected chi connectivity index (χ0v) is 15.4. The number of phenols is 1. The third-order valence-electron chi connectivity index (χ3n) is 5.40. The SMILES string of the molecule is O=C1[C@@H]2[C@@H](ON(c3ccccc3)[C@H]2c2ccccc2O)C(=O)N1c1ccccc1. The molecule has 1 N–H and O–H groups in total. The standard InChI is InChI=1S/C23H18N2O4/c26-18-14-8-7-13-17(18)20-19-21(29-25(20)16-11-5-2-6-12-16)23(28)24(22(19)27)15-9-3-1-4-10-15/h1-14,19-21,26H/t19-,20-,21+/m0/s1. The van der Waals surface area contributed by atoms with E-state index < -0.39 is 24.0 Å². The van der Waals surface area contributed by atoms with Crippen LogP contribution in [0.1, 0.15) is 11.6 Å². The van der Waals surface area contributed by atoms with Crippen molar-refractivity contribution in [1.82, 2.24) is 0 Å². The molecule has 2 heterocycles. The van der Waals surface area contributed by atoms with Crippen LogP contribution in [0.5, 0.6) is 5.75 Å². The van der Waals surface area contributed by atoms with E-state index in [1.54, 1.807) is 53.6 Å². The molecule has 0 bridgehead atoms. The second-order valence-corrected chi connectivity index (χ2v) is 7.06. The highest BCUT2D eigenvalue weighted by Gasteiger charge is 2.60. The predicted octanol–water partition coefficient (Wildman–Crippen LogP) is 3.44. The molecule has 5 rings (SSSR count). The topological polar surface area (TPSA) is 70.1 Å². The van der Waals surface area contributed by atoms with Gasteiger partial charge in [-0.2, -0.15) is 0 Å². The van der Waals surface area contributed by atoms with Gasteiger partial charge in [-0.15, -0.1) is 0 Å². The van der Waals surface area contributed by atoms with Gasteiger partial charge in [-0.25, -0.2) is 9.96 Å². The predicted molar refractivity (Wildman–Crippen MR) is 107 cm³/mol. The van der Waals surface area contributed by atoms with Crippen LogP contribution < -0.4 is 9.96 Å². The average molecular weight is 386 g/mol. The molecule has 0 aromatic heterocycles. The normalized spacial score (nSPS) is 23.5. The number of nitrogens with zero attached hydrogens (tertiary/aromatic N) is 2. The van der Waals surface area contributed by atoms with Gasteiger partial charge in [0.15, 0.2) is 6.10 Å². The second kappa shape index (κ2) is 6.76. The largest absolute Gasteiger partial charge is 0.508 e. The summed E-state index contributed by atoms with van der Waals surface area (Å²) < 4.78 is 0. The summed E-state index contributed by atoms with van der Waals surface area (Å²) in [5, 5.41) is 12.1. The summed E-state index contributed by atoms with van der Waals surface area (Å²) >= 11 is 0. The van der Waals surface area contributed by atoms with Crippen LogP contribution in [-0.2, 0) is 14.4 Å². The summed E-state index contributed by atoms with van der Waals surface area (Å²) in [5.41, 5.74) is 1.77. The third kappa shape index (κ3) is 2.68. The minimum Gasteiger partial charge on any atom is -0.508 e. The first kappa shape index (κ1) is 17.5. The molecule has 2 amide bonds. The highest BCUT2D eigenvalue weighted by molar-refractivity contribution is 6.23. The number of anilines is 2. The summed E-state index contributed by atoms with van der Waals surface area (Å²) in [7, 11) is 0. The Kier molecular flexibility index (Phi) is 4.07. The van der Waals surface area contributed by atoms with E-state index in [0.717, 1.165) is 0 Å². The second-order valence-electron chi connectivity index (χ2n) is 7.06. The van der Waals surface area contributed by atoms with E-state index in [-0.39, 0.29) is 11.7 Å². The van der Waals surface area contributed by atoms with E-state index in [1.165, 1.54) is 4.90 Å². The lowest BCUT2D eigenvalue weighted by Crippen LogP contribution is -2.37. The van der Waals surface area contributed by atoms with Crippen molar-refractivity contribution in [2.45, 2.75) is 12.1 Å². The zero-order chi connectivity index (χ0) is 20.0. The van der Waals surface area contributed by atoms with Crippen LogP contribution in [0.25, 0.3) is 0 Å². The van der Waals surface area contributed by atoms with E-state index in [2.05, 4.69) is 0 Å². The first-order chi connectivity index (χ1) is 14.2. The Morgan fingerprint density at radius 1 is 0.724 bits per heavy atom. The van der Waals surface area contributed by atoms with Crippen molar-refractivity contribution in [1.29, 1.82) is 0 Å². The summed E-state index contributed by atoms with van der Waals surface area (Å²) in [6.07, 6.45) is -0.951. The van der Waals surface area contributed by atoms with Crippen LogP contribution in [-0.4, -0.2) is 23.0 Å². The minimum absolute atomic E-state index is 0.0566. The molecule has 2 aliphatic heterocycles. The van der Waals surface area contributed by atoms with Crippen LogP contribution in [0.15, 0.2) is 84.9 Å². The fourth-order valence-corrected chi connectivity index (χ4v) is 4.10. The number of amides is 2. The number of benzene rings is 3. The van der Waals surface area contributed by atoms with Crippen LogP contribution in [0, 0.1) is 5.92 Å². The van der Waals surface area contributed by atoms with E-state index in [4.69, 9.17) is 4.84 Å². The number of para-hydroxylation sites is 3. The summed E-state index contributed by atoms with van der Waals surface area (Å²) in [6.45, 7) is 0. The third-order valence-corrected chi connectivity index (χ3v) is 5.40. The minimum atomic E-state index is -0.951. The highest BCUT2D eigenvalue weighted by atomic mass is 16.7. The Hall–Kier alpha value is -3.64. The lowest BCUT2D eigenvalue weighted by molar-refractivity contribution is -0.126. The smallest absolute Gasteiger partial charge is 0.266 e. The van der Waals surface area contributed by atoms with E-state index in [9.17, 15) is 14.7 Å². The molecule has 6 nitrogen and oxygen atoms in total. The van der Waals surface area contributed by atoms with Crippen molar-refractivity contribution in [3.05, 3.63) is 90.5 Å². The van der Waals surface area contributed by atoms with Crippen LogP contribution in [0.4, 0.5) is 11.4 Å². The first-order valence-electron chi connectivity index (χ1n) is 9.38. The molecule has 3 aromatic rings. The number of rotatable bonds is 3. The van der Waals surface area contributed by atoms with Crippen molar-refractivity contribution in [3.63, 3.8) is 0 Å². The van der Waals surface area contributed by atoms with E-state index in [1.807, 2.05) is 36.4 Å². The van der Waals surface area contributed by atoms with Crippen LogP contribution in [0.2, 0.25) is 0 Å². The average Bonchev–Trinajstić information content (AvgIpc) is 3.26. The molecule has 6 heteroatoms. The lowest BCUT2D eigenvalue weighted by atomic mass is 9.90. The van der Waals surface area contributed by atoms with Gasteiger partial charge >= 0.3 is 0 Å². The number of aromatic hydroxyl groups is 1. The zero-order valence-electron chi connectivity index (χ0n) is 15.4. The monoisotopic (exact) mass is 386 g/mol. The van der Waals surface area contributed by atoms with Crippen molar-refractivity contribution in [3.8, 4) is 5.75 Å². The number of carbonyl (C=O) groups excluding carboxylic acids is 2. The number of imide groups is 1. The highest BCUT2D eigenvalue weighted by Crippen LogP contribution is 2.49. The van der Waals surface area contributed by atoms with Gasteiger partial charge in [-0.3, -0.25) is 14.4 Å². The Labute approximate surface area is 167 Å². The van der Waals surface area contributed by atoms with Crippen LogP contribution >= 0.6 is 0 Å². The van der Waals surface area contributed by atoms with Crippen LogP contribution in [0.3, 0.4) is 0 Å². The molecule has 0 spiro atoms. The Balaban J connectivity index is 1.62. The first-order valence-corrected chi connectivity index (χ1v) is 9.38. The molecule has 0 saturated carbocycles. The molecule has 144 valence electrons. The number of carbonyl (C=O) groups is 2. The maximum atomic E-state index is 13.4. The molecule has 3 atom stereocenters. The molecular formula is C23H18N2O4. The van der Waals surface area contributed by atoms with Gasteiger partial charge in [0.25, 0.3) is 5.91 Å². The number of fused-ring (bicyclic) bond motifs is 1. The maximum absolute atomic E-state index is 13.4. The Morgan fingerprint density at radius 3 is 1.97 bits per heavy atom. The van der Waals surface area contributed by atoms with E-state index >= 15 is 0 Å². The maximum Gasteiger partial charge on any atom is 0.266 e. The number of hydroxylamine groups is 1. The van der Waals surface area contributed by atoms with Gasteiger partial charge < -0.3 is 5.11 Å². The fraction of sp³-hybridized carbons (Fsp3) is 0.130. The van der Waals surface area contributed by atoms with Crippen molar-refractivity contribution < 1.29 is 19.5 Å². The fourth-order valence-electron chi connectivity index (χ4n) is 4.10. The molecular weight excluding hydrogens is 368 g/mol. The molecule has 0 aliphatic carbocycles. The van der Waals surface area contributed by atoms with Gasteiger partial charge in [0.05, 0.1) is 17.4 Å². The van der Waals surface area contributed by atoms with Gasteiger partial charge in [-0.1, -0.05) is 54.6 Å². The number of hydrogen-bond acceptors (Lipinski definition) is 5. The van der Waals surface area contributed by atoms with Gasteiger partial charge in [0.1, 0.15) is 11.7 Å². The number of hydrogen-bond donors (Lipinski definition) is 1. The van der Waals surface area contributed by atoms with Crippen molar-refractivity contribution in [2.75, 3.05) is 9.96 Å². The molecule has 2 aliphatic rings. The Morgan fingerprint density at radius 2 is 1.31 bits per heavy atom. The summed E-state index contributed by atoms with van der Waals surface area (Å²) in [5.74, 6) is -1.44. The van der Waals surface area contributed by atoms with Crippen molar-refractivity contribution in [2.24, 2.45) is 5.92 Å². The lowest BCUT2D eigenvalue weighted by Gasteiger charge is -2.29. The van der Waals surface area contributed by atoms with Gasteiger partial charge in [0, 0.05) is 5.56 Å². The molecule has 2 saturated heterocycles.